The molecular formula is C25H25N3O2. The lowest BCUT2D eigenvalue weighted by Crippen LogP contribution is -2.26. The zero-order valence-corrected chi connectivity index (χ0v) is 17.0. The Hall–Kier alpha value is -3.73. The van der Waals surface area contributed by atoms with E-state index in [1.165, 1.54) is 0 Å². The van der Waals surface area contributed by atoms with Gasteiger partial charge in [-0.2, -0.15) is 5.10 Å². The first kappa shape index (κ1) is 21.0. The summed E-state index contributed by atoms with van der Waals surface area (Å²) in [6.45, 7) is 2.29. The molecule has 5 nitrogen and oxygen atoms in total. The molecule has 0 saturated heterocycles. The Morgan fingerprint density at radius 3 is 1.97 bits per heavy atom. The highest BCUT2D eigenvalue weighted by atomic mass is 16.2. The van der Waals surface area contributed by atoms with Gasteiger partial charge in [0.2, 0.25) is 11.8 Å². The van der Waals surface area contributed by atoms with Crippen LogP contribution in [0.1, 0.15) is 30.9 Å². The second-order valence-electron chi connectivity index (χ2n) is 6.94. The monoisotopic (exact) mass is 399 g/mol. The van der Waals surface area contributed by atoms with Gasteiger partial charge < -0.3 is 5.32 Å². The van der Waals surface area contributed by atoms with Crippen molar-refractivity contribution >= 4 is 17.5 Å². The van der Waals surface area contributed by atoms with Gasteiger partial charge in [0.15, 0.2) is 0 Å². The summed E-state index contributed by atoms with van der Waals surface area (Å²) in [5.74, 6) is -0.448. The second-order valence-corrected chi connectivity index (χ2v) is 6.94. The van der Waals surface area contributed by atoms with E-state index in [4.69, 9.17) is 0 Å². The van der Waals surface area contributed by atoms with E-state index in [-0.39, 0.29) is 24.7 Å². The van der Waals surface area contributed by atoms with Gasteiger partial charge in [-0.25, -0.2) is 5.43 Å². The minimum atomic E-state index is -0.287. The van der Waals surface area contributed by atoms with Crippen molar-refractivity contribution < 1.29 is 9.59 Å². The van der Waals surface area contributed by atoms with E-state index in [1.807, 2.05) is 79.7 Å². The van der Waals surface area contributed by atoms with Crippen molar-refractivity contribution in [1.82, 2.24) is 10.7 Å². The van der Waals surface area contributed by atoms with Gasteiger partial charge in [-0.1, -0.05) is 84.9 Å². The Bertz CT molecular complexity index is 998. The summed E-state index contributed by atoms with van der Waals surface area (Å²) in [4.78, 5) is 23.9. The lowest BCUT2D eigenvalue weighted by atomic mass is 10.0. The largest absolute Gasteiger partial charge is 0.352 e. The van der Waals surface area contributed by atoms with Crippen LogP contribution in [0.25, 0.3) is 11.1 Å². The van der Waals surface area contributed by atoms with Crippen molar-refractivity contribution in [2.45, 2.75) is 26.3 Å². The van der Waals surface area contributed by atoms with Gasteiger partial charge in [0.05, 0.1) is 5.71 Å². The zero-order chi connectivity index (χ0) is 21.2. The van der Waals surface area contributed by atoms with Gasteiger partial charge in [-0.05, 0) is 29.2 Å². The van der Waals surface area contributed by atoms with E-state index >= 15 is 0 Å². The minimum absolute atomic E-state index is 0.0876. The number of nitrogens with one attached hydrogen (secondary N) is 2. The van der Waals surface area contributed by atoms with Crippen molar-refractivity contribution in [3.63, 3.8) is 0 Å². The summed E-state index contributed by atoms with van der Waals surface area (Å²) in [6, 6.07) is 27.8. The molecule has 0 aromatic heterocycles. The molecule has 30 heavy (non-hydrogen) atoms. The molecule has 0 unspecified atom stereocenters. The predicted octanol–water partition coefficient (Wildman–Crippen LogP) is 4.29. The predicted molar refractivity (Wildman–Crippen MR) is 120 cm³/mol. The van der Waals surface area contributed by atoms with E-state index in [0.29, 0.717) is 12.3 Å². The van der Waals surface area contributed by atoms with Crippen molar-refractivity contribution in [1.29, 1.82) is 0 Å². The highest BCUT2D eigenvalue weighted by molar-refractivity contribution is 5.99. The van der Waals surface area contributed by atoms with Gasteiger partial charge in [0.25, 0.3) is 0 Å². The maximum atomic E-state index is 12.0. The molecule has 0 aliphatic rings. The topological polar surface area (TPSA) is 70.6 Å². The maximum absolute atomic E-state index is 12.0. The van der Waals surface area contributed by atoms with E-state index in [9.17, 15) is 9.59 Å². The van der Waals surface area contributed by atoms with Crippen LogP contribution >= 0.6 is 0 Å². The molecule has 2 N–H and O–H groups in total. The number of carbonyl (C=O) groups is 2. The first-order valence-corrected chi connectivity index (χ1v) is 9.91. The van der Waals surface area contributed by atoms with Crippen molar-refractivity contribution in [2.24, 2.45) is 5.10 Å². The summed E-state index contributed by atoms with van der Waals surface area (Å²) in [7, 11) is 0. The summed E-state index contributed by atoms with van der Waals surface area (Å²) >= 11 is 0. The fourth-order valence-corrected chi connectivity index (χ4v) is 2.91. The van der Waals surface area contributed by atoms with Gasteiger partial charge in [0, 0.05) is 19.4 Å². The third-order valence-corrected chi connectivity index (χ3v) is 4.67. The van der Waals surface area contributed by atoms with Crippen molar-refractivity contribution in [3.8, 4) is 11.1 Å². The van der Waals surface area contributed by atoms with E-state index in [2.05, 4.69) is 28.0 Å². The number of benzene rings is 3. The van der Waals surface area contributed by atoms with Crippen LogP contribution in [0, 0.1) is 0 Å². The number of amides is 2. The highest BCUT2D eigenvalue weighted by Crippen LogP contribution is 2.19. The molecular weight excluding hydrogens is 374 g/mol. The number of hydrazone groups is 1. The smallest absolute Gasteiger partial charge is 0.240 e. The third-order valence-electron chi connectivity index (χ3n) is 4.67. The lowest BCUT2D eigenvalue weighted by Gasteiger charge is -2.06. The maximum Gasteiger partial charge on any atom is 0.240 e. The Morgan fingerprint density at radius 1 is 0.733 bits per heavy atom. The first-order chi connectivity index (χ1) is 14.6. The summed E-state index contributed by atoms with van der Waals surface area (Å²) in [6.07, 6.45) is 0.212. The van der Waals surface area contributed by atoms with Crippen LogP contribution in [0.3, 0.4) is 0 Å². The molecule has 0 atom stereocenters. The number of hydrogen-bond donors (Lipinski definition) is 2. The molecule has 0 saturated carbocycles. The summed E-state index contributed by atoms with van der Waals surface area (Å²) < 4.78 is 0. The fraction of sp³-hybridized carbons (Fsp3) is 0.160. The van der Waals surface area contributed by atoms with Crippen LogP contribution in [0.2, 0.25) is 0 Å². The molecule has 3 rings (SSSR count). The minimum Gasteiger partial charge on any atom is -0.352 e. The lowest BCUT2D eigenvalue weighted by molar-refractivity contribution is -0.126. The number of rotatable bonds is 8. The Morgan fingerprint density at radius 2 is 1.30 bits per heavy atom. The van der Waals surface area contributed by atoms with Crippen LogP contribution in [-0.4, -0.2) is 17.5 Å². The SMILES string of the molecule is C/C(=N\NC(=O)CCC(=O)NCc1ccccc1)c1ccc(-c2ccccc2)cc1. The van der Waals surface area contributed by atoms with Gasteiger partial charge >= 0.3 is 0 Å². The third kappa shape index (κ3) is 6.41. The average Bonchev–Trinajstić information content (AvgIpc) is 2.81. The highest BCUT2D eigenvalue weighted by Gasteiger charge is 2.07. The molecule has 0 fully saturated rings. The molecule has 0 spiro atoms. The van der Waals surface area contributed by atoms with Gasteiger partial charge in [-0.3, -0.25) is 9.59 Å². The number of nitrogens with zero attached hydrogens (tertiary/aromatic N) is 1. The number of carbonyl (C=O) groups excluding carboxylic acids is 2. The van der Waals surface area contributed by atoms with Gasteiger partial charge in [-0.15, -0.1) is 0 Å². The average molecular weight is 399 g/mol. The van der Waals surface area contributed by atoms with Crippen LogP contribution < -0.4 is 10.7 Å². The molecule has 0 aliphatic heterocycles. The van der Waals surface area contributed by atoms with E-state index in [0.717, 1.165) is 22.3 Å². The van der Waals surface area contributed by atoms with Crippen LogP contribution in [-0.2, 0) is 16.1 Å². The van der Waals surface area contributed by atoms with E-state index in [1.54, 1.807) is 0 Å². The Balaban J connectivity index is 1.44. The standard InChI is InChI=1S/C25H25N3O2/c1-19(21-12-14-23(15-13-21)22-10-6-3-7-11-22)27-28-25(30)17-16-24(29)26-18-20-8-4-2-5-9-20/h2-15H,16-18H2,1H3,(H,26,29)(H,28,30)/b27-19+. The normalized spacial score (nSPS) is 11.0. The molecule has 0 aliphatic carbocycles. The molecule has 5 heteroatoms. The summed E-state index contributed by atoms with van der Waals surface area (Å²) in [5.41, 5.74) is 7.45. The van der Waals surface area contributed by atoms with Gasteiger partial charge in [0.1, 0.15) is 0 Å². The molecule has 3 aromatic rings. The van der Waals surface area contributed by atoms with Crippen molar-refractivity contribution in [2.75, 3.05) is 0 Å². The molecule has 0 radical (unpaired) electrons. The van der Waals surface area contributed by atoms with Crippen molar-refractivity contribution in [3.05, 3.63) is 96.1 Å². The van der Waals surface area contributed by atoms with Crippen LogP contribution in [0.5, 0.6) is 0 Å². The molecule has 152 valence electrons. The molecule has 0 bridgehead atoms. The zero-order valence-electron chi connectivity index (χ0n) is 17.0. The molecule has 2 amide bonds. The fourth-order valence-electron chi connectivity index (χ4n) is 2.91. The molecule has 3 aromatic carbocycles. The quantitative estimate of drug-likeness (QED) is 0.438. The summed E-state index contributed by atoms with van der Waals surface area (Å²) in [5, 5.41) is 6.96. The number of hydrogen-bond acceptors (Lipinski definition) is 3. The van der Waals surface area contributed by atoms with Crippen LogP contribution in [0.4, 0.5) is 0 Å². The Kier molecular flexibility index (Phi) is 7.50. The van der Waals surface area contributed by atoms with E-state index < -0.39 is 0 Å². The first-order valence-electron chi connectivity index (χ1n) is 9.91. The van der Waals surface area contributed by atoms with Crippen LogP contribution in [0.15, 0.2) is 90.0 Å². The Labute approximate surface area is 176 Å². The second kappa shape index (κ2) is 10.7. The molecule has 0 heterocycles.